The number of amides is 1. The van der Waals surface area contributed by atoms with Gasteiger partial charge in [0.2, 0.25) is 5.91 Å². The molecule has 0 aromatic heterocycles. The first-order valence-corrected chi connectivity index (χ1v) is 7.65. The smallest absolute Gasteiger partial charge is 0.235 e. The SMILES string of the molecule is CS(=O)(=O)CC(=O)NC1CCCCC1CN.Cl. The quantitative estimate of drug-likeness (QED) is 0.765. The predicted molar refractivity (Wildman–Crippen MR) is 69.9 cm³/mol. The Kier molecular flexibility index (Phi) is 7.04. The topological polar surface area (TPSA) is 89.3 Å². The number of hydrogen-bond donors (Lipinski definition) is 2. The summed E-state index contributed by atoms with van der Waals surface area (Å²) in [5, 5.41) is 2.78. The van der Waals surface area contributed by atoms with Gasteiger partial charge in [-0.2, -0.15) is 0 Å². The van der Waals surface area contributed by atoms with E-state index < -0.39 is 21.5 Å². The van der Waals surface area contributed by atoms with Crippen molar-refractivity contribution in [3.05, 3.63) is 0 Å². The molecule has 1 aliphatic rings. The summed E-state index contributed by atoms with van der Waals surface area (Å²) in [4.78, 5) is 11.5. The second kappa shape index (κ2) is 7.18. The van der Waals surface area contributed by atoms with Crippen LogP contribution in [0.4, 0.5) is 0 Å². The highest BCUT2D eigenvalue weighted by molar-refractivity contribution is 7.91. The first-order chi connectivity index (χ1) is 7.42. The molecule has 1 aliphatic carbocycles. The van der Waals surface area contributed by atoms with Crippen LogP contribution in [0.25, 0.3) is 0 Å². The number of halogens is 1. The molecule has 0 aliphatic heterocycles. The second-order valence-electron chi connectivity index (χ2n) is 4.52. The molecule has 7 heteroatoms. The molecule has 1 rings (SSSR count). The third-order valence-corrected chi connectivity index (χ3v) is 3.74. The van der Waals surface area contributed by atoms with Crippen molar-refractivity contribution in [1.29, 1.82) is 0 Å². The second-order valence-corrected chi connectivity index (χ2v) is 6.66. The van der Waals surface area contributed by atoms with Gasteiger partial charge in [0.05, 0.1) is 0 Å². The number of nitrogens with one attached hydrogen (secondary N) is 1. The summed E-state index contributed by atoms with van der Waals surface area (Å²) in [6.07, 6.45) is 5.19. The average Bonchev–Trinajstić information content (AvgIpc) is 2.15. The lowest BCUT2D eigenvalue weighted by Crippen LogP contribution is -2.46. The van der Waals surface area contributed by atoms with Crippen LogP contribution in [-0.2, 0) is 14.6 Å². The van der Waals surface area contributed by atoms with E-state index >= 15 is 0 Å². The Morgan fingerprint density at radius 3 is 2.47 bits per heavy atom. The van der Waals surface area contributed by atoms with Crippen LogP contribution >= 0.6 is 12.4 Å². The zero-order valence-corrected chi connectivity index (χ0v) is 11.6. The molecule has 2 unspecified atom stereocenters. The minimum absolute atomic E-state index is 0. The molecule has 0 bridgehead atoms. The lowest BCUT2D eigenvalue weighted by molar-refractivity contribution is -0.119. The van der Waals surface area contributed by atoms with Crippen molar-refractivity contribution >= 4 is 28.2 Å². The van der Waals surface area contributed by atoms with Crippen molar-refractivity contribution in [3.63, 3.8) is 0 Å². The molecule has 0 saturated heterocycles. The fourth-order valence-electron chi connectivity index (χ4n) is 2.17. The number of rotatable bonds is 4. The predicted octanol–water partition coefficient (Wildman–Crippen LogP) is 0.0865. The van der Waals surface area contributed by atoms with Crippen LogP contribution in [0, 0.1) is 5.92 Å². The van der Waals surface area contributed by atoms with Crippen LogP contribution in [-0.4, -0.2) is 38.9 Å². The molecule has 0 radical (unpaired) electrons. The van der Waals surface area contributed by atoms with Crippen molar-refractivity contribution in [2.75, 3.05) is 18.6 Å². The van der Waals surface area contributed by atoms with Gasteiger partial charge < -0.3 is 11.1 Å². The van der Waals surface area contributed by atoms with Gasteiger partial charge in [-0.3, -0.25) is 4.79 Å². The van der Waals surface area contributed by atoms with Gasteiger partial charge in [0.15, 0.2) is 9.84 Å². The first-order valence-electron chi connectivity index (χ1n) is 5.59. The normalized spacial score (nSPS) is 24.8. The zero-order chi connectivity index (χ0) is 12.2. The van der Waals surface area contributed by atoms with E-state index in [9.17, 15) is 13.2 Å². The summed E-state index contributed by atoms with van der Waals surface area (Å²) < 4.78 is 21.9. The fourth-order valence-corrected chi connectivity index (χ4v) is 2.73. The third kappa shape index (κ3) is 6.24. The molecule has 2 atom stereocenters. The van der Waals surface area contributed by atoms with Crippen LogP contribution in [0.5, 0.6) is 0 Å². The van der Waals surface area contributed by atoms with Crippen molar-refractivity contribution in [2.45, 2.75) is 31.7 Å². The monoisotopic (exact) mass is 284 g/mol. The minimum Gasteiger partial charge on any atom is -0.352 e. The van der Waals surface area contributed by atoms with E-state index in [4.69, 9.17) is 5.73 Å². The lowest BCUT2D eigenvalue weighted by Gasteiger charge is -2.31. The van der Waals surface area contributed by atoms with Crippen LogP contribution in [0.2, 0.25) is 0 Å². The summed E-state index contributed by atoms with van der Waals surface area (Å²) in [6.45, 7) is 0.545. The van der Waals surface area contributed by atoms with Gasteiger partial charge in [-0.05, 0) is 25.3 Å². The van der Waals surface area contributed by atoms with Crippen LogP contribution in [0.15, 0.2) is 0 Å². The van der Waals surface area contributed by atoms with Crippen LogP contribution in [0.1, 0.15) is 25.7 Å². The minimum atomic E-state index is -3.24. The highest BCUT2D eigenvalue weighted by Gasteiger charge is 2.26. The highest BCUT2D eigenvalue weighted by Crippen LogP contribution is 2.23. The number of sulfone groups is 1. The first kappa shape index (κ1) is 16.7. The molecule has 0 aromatic carbocycles. The van der Waals surface area contributed by atoms with E-state index in [1.165, 1.54) is 0 Å². The van der Waals surface area contributed by atoms with E-state index in [1.54, 1.807) is 0 Å². The molecular weight excluding hydrogens is 264 g/mol. The number of hydrogen-bond acceptors (Lipinski definition) is 4. The standard InChI is InChI=1S/C10H20N2O3S.ClH/c1-16(14,15)7-10(13)12-9-5-3-2-4-8(9)6-11;/h8-9H,2-7,11H2,1H3,(H,12,13);1H. The summed E-state index contributed by atoms with van der Waals surface area (Å²) in [5.74, 6) is -0.550. The Labute approximate surface area is 109 Å². The van der Waals surface area contributed by atoms with E-state index in [0.29, 0.717) is 6.54 Å². The van der Waals surface area contributed by atoms with Gasteiger partial charge in [0, 0.05) is 12.3 Å². The Balaban J connectivity index is 0.00000256. The van der Waals surface area contributed by atoms with Gasteiger partial charge >= 0.3 is 0 Å². The molecule has 17 heavy (non-hydrogen) atoms. The molecule has 3 N–H and O–H groups in total. The molecule has 1 saturated carbocycles. The summed E-state index contributed by atoms with van der Waals surface area (Å²) in [5.41, 5.74) is 5.63. The van der Waals surface area contributed by atoms with E-state index in [-0.39, 0.29) is 24.4 Å². The van der Waals surface area contributed by atoms with Crippen molar-refractivity contribution in [3.8, 4) is 0 Å². The maximum Gasteiger partial charge on any atom is 0.235 e. The molecule has 102 valence electrons. The van der Waals surface area contributed by atoms with Crippen molar-refractivity contribution in [1.82, 2.24) is 5.32 Å². The number of nitrogens with two attached hydrogens (primary N) is 1. The van der Waals surface area contributed by atoms with Crippen LogP contribution in [0.3, 0.4) is 0 Å². The number of carbonyl (C=O) groups excluding carboxylic acids is 1. The van der Waals surface area contributed by atoms with Gasteiger partial charge in [-0.15, -0.1) is 12.4 Å². The Morgan fingerprint density at radius 2 is 1.94 bits per heavy atom. The van der Waals surface area contributed by atoms with Crippen LogP contribution < -0.4 is 11.1 Å². The Morgan fingerprint density at radius 1 is 1.35 bits per heavy atom. The van der Waals surface area contributed by atoms with Crippen molar-refractivity contribution in [2.24, 2.45) is 11.7 Å². The zero-order valence-electron chi connectivity index (χ0n) is 10.0. The Bertz CT molecular complexity index is 345. The highest BCUT2D eigenvalue weighted by atomic mass is 35.5. The molecule has 5 nitrogen and oxygen atoms in total. The molecule has 1 fully saturated rings. The largest absolute Gasteiger partial charge is 0.352 e. The Hall–Kier alpha value is -0.330. The third-order valence-electron chi connectivity index (χ3n) is 2.95. The molecular formula is C10H21ClN2O3S. The summed E-state index contributed by atoms with van der Waals surface area (Å²) >= 11 is 0. The molecule has 0 spiro atoms. The number of carbonyl (C=O) groups is 1. The summed E-state index contributed by atoms with van der Waals surface area (Å²) in [6, 6.07) is 0.0491. The average molecular weight is 285 g/mol. The van der Waals surface area contributed by atoms with Gasteiger partial charge in [0.1, 0.15) is 5.75 Å². The fraction of sp³-hybridized carbons (Fsp3) is 0.900. The molecule has 0 heterocycles. The van der Waals surface area contributed by atoms with Gasteiger partial charge in [-0.1, -0.05) is 12.8 Å². The lowest BCUT2D eigenvalue weighted by atomic mass is 9.84. The van der Waals surface area contributed by atoms with E-state index in [1.807, 2.05) is 0 Å². The van der Waals surface area contributed by atoms with Gasteiger partial charge in [0.25, 0.3) is 0 Å². The maximum atomic E-state index is 11.5. The molecule has 0 aromatic rings. The summed E-state index contributed by atoms with van der Waals surface area (Å²) in [7, 11) is -3.24. The van der Waals surface area contributed by atoms with Crippen molar-refractivity contribution < 1.29 is 13.2 Å². The van der Waals surface area contributed by atoms with E-state index in [0.717, 1.165) is 31.9 Å². The maximum absolute atomic E-state index is 11.5. The van der Waals surface area contributed by atoms with E-state index in [2.05, 4.69) is 5.32 Å². The van der Waals surface area contributed by atoms with Gasteiger partial charge in [-0.25, -0.2) is 8.42 Å². The molecule has 1 amide bonds.